The first kappa shape index (κ1) is 34.7. The van der Waals surface area contributed by atoms with E-state index in [-0.39, 0.29) is 5.97 Å². The van der Waals surface area contributed by atoms with Gasteiger partial charge in [0.25, 0.3) is 0 Å². The number of aromatic nitrogens is 2. The molecule has 2 atom stereocenters. The number of imidazole rings is 1. The number of hydrogen-bond acceptors (Lipinski definition) is 6. The van der Waals surface area contributed by atoms with E-state index in [0.29, 0.717) is 30.8 Å². The number of carbonyl (C=O) groups is 1. The summed E-state index contributed by atoms with van der Waals surface area (Å²) in [5.74, 6) is 1.70. The highest BCUT2D eigenvalue weighted by molar-refractivity contribution is 5.97. The molecular formula is C42H52N4O3. The first-order valence-corrected chi connectivity index (χ1v) is 18.1. The van der Waals surface area contributed by atoms with Crippen LogP contribution >= 0.6 is 0 Å². The molecule has 2 aliphatic rings. The summed E-state index contributed by atoms with van der Waals surface area (Å²) in [6.45, 7) is 13.5. The zero-order valence-corrected chi connectivity index (χ0v) is 29.9. The Morgan fingerprint density at radius 3 is 2.55 bits per heavy atom. The fraction of sp³-hybridized carbons (Fsp3) is 0.429. The lowest BCUT2D eigenvalue weighted by Crippen LogP contribution is -2.34. The molecule has 1 aromatic heterocycles. The monoisotopic (exact) mass is 660 g/mol. The SMILES string of the molecule is CCCCc1nc2c(C)ccc(OCCCCCN3CNC4C=CC=CC43)c2n1Cc1ccc(-c2ccccc2C(=O)OC(C)(C)C)cc1. The van der Waals surface area contributed by atoms with Gasteiger partial charge >= 0.3 is 5.97 Å². The number of aryl methyl sites for hydroxylation is 2. The molecule has 0 amide bonds. The summed E-state index contributed by atoms with van der Waals surface area (Å²) < 4.78 is 14.6. The zero-order chi connectivity index (χ0) is 34.4. The van der Waals surface area contributed by atoms with Gasteiger partial charge in [-0.3, -0.25) is 10.2 Å². The van der Waals surface area contributed by atoms with E-state index in [0.717, 1.165) is 91.0 Å². The molecule has 49 heavy (non-hydrogen) atoms. The minimum absolute atomic E-state index is 0.308. The lowest BCUT2D eigenvalue weighted by Gasteiger charge is -2.24. The van der Waals surface area contributed by atoms with Crippen LogP contribution in [0.5, 0.6) is 5.75 Å². The van der Waals surface area contributed by atoms with Crippen molar-refractivity contribution in [2.75, 3.05) is 19.8 Å². The van der Waals surface area contributed by atoms with Crippen LogP contribution in [0.2, 0.25) is 0 Å². The quantitative estimate of drug-likeness (QED) is 0.108. The van der Waals surface area contributed by atoms with Gasteiger partial charge in [0.2, 0.25) is 0 Å². The van der Waals surface area contributed by atoms with Gasteiger partial charge in [0.1, 0.15) is 22.7 Å². The summed E-state index contributed by atoms with van der Waals surface area (Å²) in [5, 5.41) is 3.60. The van der Waals surface area contributed by atoms with Gasteiger partial charge in [0.15, 0.2) is 0 Å². The number of fused-ring (bicyclic) bond motifs is 2. The van der Waals surface area contributed by atoms with E-state index in [1.54, 1.807) is 0 Å². The lowest BCUT2D eigenvalue weighted by atomic mass is 9.98. The highest BCUT2D eigenvalue weighted by atomic mass is 16.6. The molecule has 2 heterocycles. The normalized spacial score (nSPS) is 17.5. The average Bonchev–Trinajstić information content (AvgIpc) is 3.68. The van der Waals surface area contributed by atoms with Gasteiger partial charge in [0.05, 0.1) is 17.7 Å². The van der Waals surface area contributed by atoms with Crippen LogP contribution in [0.3, 0.4) is 0 Å². The Kier molecular flexibility index (Phi) is 11.0. The minimum atomic E-state index is -0.557. The maximum absolute atomic E-state index is 13.0. The molecule has 3 aromatic carbocycles. The Hall–Kier alpha value is -4.20. The molecule has 258 valence electrons. The van der Waals surface area contributed by atoms with Crippen molar-refractivity contribution in [1.82, 2.24) is 19.8 Å². The molecule has 0 radical (unpaired) electrons. The molecule has 7 heteroatoms. The van der Waals surface area contributed by atoms with Gasteiger partial charge in [-0.05, 0) is 87.8 Å². The van der Waals surface area contributed by atoms with E-state index in [1.807, 2.05) is 45.0 Å². The van der Waals surface area contributed by atoms with Gasteiger partial charge in [-0.25, -0.2) is 9.78 Å². The number of carbonyl (C=O) groups excluding carboxylic acids is 1. The largest absolute Gasteiger partial charge is 0.491 e. The minimum Gasteiger partial charge on any atom is -0.491 e. The predicted molar refractivity (Wildman–Crippen MR) is 199 cm³/mol. The highest BCUT2D eigenvalue weighted by Gasteiger charge is 2.30. The molecule has 1 N–H and O–H groups in total. The van der Waals surface area contributed by atoms with Crippen molar-refractivity contribution in [3.63, 3.8) is 0 Å². The maximum Gasteiger partial charge on any atom is 0.339 e. The van der Waals surface area contributed by atoms with Crippen LogP contribution in [0, 0.1) is 6.92 Å². The van der Waals surface area contributed by atoms with E-state index in [9.17, 15) is 4.79 Å². The van der Waals surface area contributed by atoms with Gasteiger partial charge in [0, 0.05) is 38.3 Å². The van der Waals surface area contributed by atoms with Crippen molar-refractivity contribution in [2.24, 2.45) is 0 Å². The van der Waals surface area contributed by atoms with Gasteiger partial charge in [-0.15, -0.1) is 0 Å². The molecule has 4 aromatic rings. The Labute approximate surface area is 292 Å². The molecule has 1 fully saturated rings. The van der Waals surface area contributed by atoms with Crippen LogP contribution in [-0.4, -0.2) is 57.9 Å². The molecule has 2 unspecified atom stereocenters. The molecular weight excluding hydrogens is 608 g/mol. The van der Waals surface area contributed by atoms with E-state index >= 15 is 0 Å². The molecule has 1 aliphatic carbocycles. The molecule has 7 nitrogen and oxygen atoms in total. The van der Waals surface area contributed by atoms with Crippen molar-refractivity contribution < 1.29 is 14.3 Å². The van der Waals surface area contributed by atoms with Crippen LogP contribution in [0.4, 0.5) is 0 Å². The second kappa shape index (κ2) is 15.6. The second-order valence-corrected chi connectivity index (χ2v) is 14.4. The zero-order valence-electron chi connectivity index (χ0n) is 29.9. The van der Waals surface area contributed by atoms with E-state index < -0.39 is 5.60 Å². The number of unbranched alkanes of at least 4 members (excludes halogenated alkanes) is 3. The third-order valence-electron chi connectivity index (χ3n) is 9.45. The Morgan fingerprint density at radius 2 is 1.76 bits per heavy atom. The number of nitrogens with one attached hydrogen (secondary N) is 1. The molecule has 0 spiro atoms. The third kappa shape index (κ3) is 8.34. The van der Waals surface area contributed by atoms with E-state index in [1.165, 1.54) is 5.56 Å². The summed E-state index contributed by atoms with van der Waals surface area (Å²) in [7, 11) is 0. The predicted octanol–water partition coefficient (Wildman–Crippen LogP) is 8.63. The number of nitrogens with zero attached hydrogens (tertiary/aromatic N) is 3. The summed E-state index contributed by atoms with van der Waals surface area (Å²) in [5.41, 5.74) is 6.31. The maximum atomic E-state index is 13.0. The number of ether oxygens (including phenoxy) is 2. The van der Waals surface area contributed by atoms with Crippen LogP contribution in [-0.2, 0) is 17.7 Å². The molecule has 0 saturated carbocycles. The molecule has 0 bridgehead atoms. The number of hydrogen-bond donors (Lipinski definition) is 1. The van der Waals surface area contributed by atoms with Crippen molar-refractivity contribution in [1.29, 1.82) is 0 Å². The van der Waals surface area contributed by atoms with E-state index in [2.05, 4.69) is 89.3 Å². The van der Waals surface area contributed by atoms with Crippen molar-refractivity contribution in [2.45, 2.75) is 97.4 Å². The highest BCUT2D eigenvalue weighted by Crippen LogP contribution is 2.32. The summed E-state index contributed by atoms with van der Waals surface area (Å²) in [6, 6.07) is 21.4. The van der Waals surface area contributed by atoms with Crippen LogP contribution in [0.1, 0.15) is 87.1 Å². The third-order valence-corrected chi connectivity index (χ3v) is 9.45. The molecule has 1 saturated heterocycles. The molecule has 6 rings (SSSR count). The van der Waals surface area contributed by atoms with E-state index in [4.69, 9.17) is 14.5 Å². The number of benzene rings is 3. The topological polar surface area (TPSA) is 68.6 Å². The smallest absolute Gasteiger partial charge is 0.339 e. The van der Waals surface area contributed by atoms with Gasteiger partial charge in [-0.2, -0.15) is 0 Å². The fourth-order valence-electron chi connectivity index (χ4n) is 6.88. The first-order chi connectivity index (χ1) is 23.7. The Morgan fingerprint density at radius 1 is 0.959 bits per heavy atom. The number of esters is 1. The number of allylic oxidation sites excluding steroid dienone is 2. The second-order valence-electron chi connectivity index (χ2n) is 14.4. The van der Waals surface area contributed by atoms with Crippen LogP contribution < -0.4 is 10.1 Å². The average molecular weight is 661 g/mol. The Balaban J connectivity index is 1.16. The summed E-state index contributed by atoms with van der Waals surface area (Å²) in [4.78, 5) is 20.7. The van der Waals surface area contributed by atoms with Crippen LogP contribution in [0.25, 0.3) is 22.2 Å². The van der Waals surface area contributed by atoms with Crippen LogP contribution in [0.15, 0.2) is 85.0 Å². The summed E-state index contributed by atoms with van der Waals surface area (Å²) in [6.07, 6.45) is 15.3. The fourth-order valence-corrected chi connectivity index (χ4v) is 6.88. The Bertz CT molecular complexity index is 1800. The van der Waals surface area contributed by atoms with Gasteiger partial charge in [-0.1, -0.05) is 86.2 Å². The standard InChI is InChI=1S/C42H52N4O3/c1-6-7-19-38-44-39-30(2)20-25-37(48-27-14-8-13-26-45-29-43-35-17-11-12-18-36(35)45)40(39)46(38)28-31-21-23-32(24-22-31)33-15-9-10-16-34(33)41(47)49-42(3,4)5/h9-12,15-18,20-25,35-36,43H,6-8,13-14,19,26-29H2,1-5H3. The molecule has 1 aliphatic heterocycles. The van der Waals surface area contributed by atoms with Gasteiger partial charge < -0.3 is 14.0 Å². The van der Waals surface area contributed by atoms with Crippen molar-refractivity contribution in [3.8, 4) is 16.9 Å². The first-order valence-electron chi connectivity index (χ1n) is 18.1. The number of rotatable bonds is 14. The van der Waals surface area contributed by atoms with Crippen molar-refractivity contribution >= 4 is 17.0 Å². The summed E-state index contributed by atoms with van der Waals surface area (Å²) >= 11 is 0. The lowest BCUT2D eigenvalue weighted by molar-refractivity contribution is 0.00704. The van der Waals surface area contributed by atoms with Crippen molar-refractivity contribution in [3.05, 3.63) is 107 Å².